The average Bonchev–Trinajstić information content (AvgIpc) is 2.99. The Bertz CT molecular complexity index is 891. The molecular weight excluding hydrogens is 336 g/mol. The Morgan fingerprint density at radius 2 is 1.92 bits per heavy atom. The normalized spacial score (nSPS) is 13.6. The topological polar surface area (TPSA) is 90.2 Å². The van der Waals surface area contributed by atoms with Gasteiger partial charge in [0.2, 0.25) is 5.78 Å². The molecule has 2 N–H and O–H groups in total. The first-order valence-electron chi connectivity index (χ1n) is 7.96. The van der Waals surface area contributed by atoms with Gasteiger partial charge in [-0.1, -0.05) is 30.3 Å². The predicted octanol–water partition coefficient (Wildman–Crippen LogP) is 3.61. The fraction of sp³-hybridized carbons (Fsp3) is 0.211. The van der Waals surface area contributed by atoms with Gasteiger partial charge in [-0.15, -0.1) is 11.3 Å². The van der Waals surface area contributed by atoms with Crippen LogP contribution in [0.15, 0.2) is 36.4 Å². The fourth-order valence-electron chi connectivity index (χ4n) is 2.82. The second-order valence-corrected chi connectivity index (χ2v) is 6.85. The van der Waals surface area contributed by atoms with Gasteiger partial charge in [-0.05, 0) is 31.2 Å². The number of benzene rings is 1. The molecule has 1 aliphatic rings. The van der Waals surface area contributed by atoms with Crippen molar-refractivity contribution in [3.63, 3.8) is 0 Å². The molecular formula is C19H16N2O3S. The number of hydrogen-bond acceptors (Lipinski definition) is 5. The van der Waals surface area contributed by atoms with Gasteiger partial charge in [-0.2, -0.15) is 5.26 Å². The van der Waals surface area contributed by atoms with Gasteiger partial charge in [0.05, 0.1) is 5.56 Å². The maximum absolute atomic E-state index is 12.1. The molecule has 0 saturated heterocycles. The summed E-state index contributed by atoms with van der Waals surface area (Å²) in [6.45, 7) is 0. The number of aliphatic hydroxyl groups excluding tert-OH is 1. The molecule has 3 rings (SSSR count). The number of nitrogens with zero attached hydrogens (tertiary/aromatic N) is 1. The Labute approximate surface area is 149 Å². The first-order valence-corrected chi connectivity index (χ1v) is 8.78. The van der Waals surface area contributed by atoms with E-state index in [-0.39, 0.29) is 5.76 Å². The largest absolute Gasteiger partial charge is 0.507 e. The number of nitriles is 1. The second kappa shape index (κ2) is 7.32. The lowest BCUT2D eigenvalue weighted by Gasteiger charge is -2.09. The average molecular weight is 352 g/mol. The predicted molar refractivity (Wildman–Crippen MR) is 96.4 cm³/mol. The highest BCUT2D eigenvalue weighted by atomic mass is 32.1. The number of thiophene rings is 1. The van der Waals surface area contributed by atoms with E-state index in [1.54, 1.807) is 30.3 Å². The van der Waals surface area contributed by atoms with E-state index in [2.05, 4.69) is 11.4 Å². The number of anilines is 1. The monoisotopic (exact) mass is 352 g/mol. The molecule has 0 fully saturated rings. The number of rotatable bonds is 4. The van der Waals surface area contributed by atoms with E-state index in [1.807, 2.05) is 0 Å². The van der Waals surface area contributed by atoms with Gasteiger partial charge in [-0.3, -0.25) is 9.59 Å². The highest BCUT2D eigenvalue weighted by molar-refractivity contribution is 7.16. The van der Waals surface area contributed by atoms with Crippen LogP contribution in [0.1, 0.15) is 34.4 Å². The molecule has 6 heteroatoms. The molecule has 126 valence electrons. The van der Waals surface area contributed by atoms with Crippen LogP contribution in [-0.2, 0) is 22.4 Å². The van der Waals surface area contributed by atoms with E-state index in [1.165, 1.54) is 11.3 Å². The van der Waals surface area contributed by atoms with Crippen LogP contribution in [0.25, 0.3) is 5.76 Å². The lowest BCUT2D eigenvalue weighted by molar-refractivity contribution is -0.131. The number of fused-ring (bicyclic) bond motifs is 1. The molecule has 0 aliphatic heterocycles. The maximum atomic E-state index is 12.1. The van der Waals surface area contributed by atoms with Crippen molar-refractivity contribution in [2.75, 3.05) is 5.32 Å². The maximum Gasteiger partial charge on any atom is 0.296 e. The van der Waals surface area contributed by atoms with Crippen molar-refractivity contribution >= 4 is 33.8 Å². The Hall–Kier alpha value is -2.91. The molecule has 0 radical (unpaired) electrons. The number of ketones is 1. The van der Waals surface area contributed by atoms with Gasteiger partial charge in [0.25, 0.3) is 5.91 Å². The lowest BCUT2D eigenvalue weighted by atomic mass is 9.96. The Morgan fingerprint density at radius 3 is 2.64 bits per heavy atom. The Balaban J connectivity index is 1.78. The summed E-state index contributed by atoms with van der Waals surface area (Å²) in [6.07, 6.45) is 4.71. The van der Waals surface area contributed by atoms with Gasteiger partial charge in [-0.25, -0.2) is 0 Å². The molecule has 1 aromatic carbocycles. The Kier molecular flexibility index (Phi) is 4.96. The minimum Gasteiger partial charge on any atom is -0.507 e. The van der Waals surface area contributed by atoms with Crippen molar-refractivity contribution in [3.8, 4) is 6.07 Å². The van der Waals surface area contributed by atoms with Crippen LogP contribution in [0.3, 0.4) is 0 Å². The van der Waals surface area contributed by atoms with Gasteiger partial charge < -0.3 is 10.4 Å². The van der Waals surface area contributed by atoms with Crippen LogP contribution in [0.5, 0.6) is 0 Å². The number of aliphatic hydroxyl groups is 1. The third-order valence-electron chi connectivity index (χ3n) is 4.07. The van der Waals surface area contributed by atoms with E-state index >= 15 is 0 Å². The summed E-state index contributed by atoms with van der Waals surface area (Å²) in [5.74, 6) is -2.00. The van der Waals surface area contributed by atoms with Gasteiger partial charge >= 0.3 is 0 Å². The van der Waals surface area contributed by atoms with Gasteiger partial charge in [0, 0.05) is 16.5 Å². The van der Waals surface area contributed by atoms with Crippen LogP contribution in [0.2, 0.25) is 0 Å². The molecule has 25 heavy (non-hydrogen) atoms. The summed E-state index contributed by atoms with van der Waals surface area (Å²) in [4.78, 5) is 25.3. The van der Waals surface area contributed by atoms with E-state index in [4.69, 9.17) is 0 Å². The van der Waals surface area contributed by atoms with Crippen LogP contribution in [0, 0.1) is 11.3 Å². The molecule has 1 aliphatic carbocycles. The summed E-state index contributed by atoms with van der Waals surface area (Å²) in [5, 5.41) is 22.3. The summed E-state index contributed by atoms with van der Waals surface area (Å²) in [5.41, 5.74) is 1.90. The molecule has 0 bridgehead atoms. The number of carbonyl (C=O) groups is 2. The first kappa shape index (κ1) is 16.9. The standard InChI is InChI=1S/C19H16N2O3S/c20-11-14-13-8-4-5-9-17(13)25-19(14)21-18(24)16(23)10-15(22)12-6-2-1-3-7-12/h1-3,6-7,10,22H,4-5,8-9H2,(H,21,24)/b15-10-. The molecule has 0 atom stereocenters. The van der Waals surface area contributed by atoms with Crippen molar-refractivity contribution in [2.45, 2.75) is 25.7 Å². The molecule has 5 nitrogen and oxygen atoms in total. The van der Waals surface area contributed by atoms with Crippen LogP contribution in [0.4, 0.5) is 5.00 Å². The smallest absolute Gasteiger partial charge is 0.296 e. The van der Waals surface area contributed by atoms with Crippen molar-refractivity contribution in [3.05, 3.63) is 58.0 Å². The zero-order chi connectivity index (χ0) is 17.8. The van der Waals surface area contributed by atoms with E-state index in [0.717, 1.165) is 42.2 Å². The first-order chi connectivity index (χ1) is 12.1. The minimum absolute atomic E-state index is 0.272. The van der Waals surface area contributed by atoms with Gasteiger partial charge in [0.1, 0.15) is 16.8 Å². The minimum atomic E-state index is -0.864. The summed E-state index contributed by atoms with van der Waals surface area (Å²) in [7, 11) is 0. The van der Waals surface area contributed by atoms with Crippen molar-refractivity contribution in [2.24, 2.45) is 0 Å². The van der Waals surface area contributed by atoms with Crippen LogP contribution < -0.4 is 5.32 Å². The lowest BCUT2D eigenvalue weighted by Crippen LogP contribution is -2.21. The quantitative estimate of drug-likeness (QED) is 0.500. The molecule has 0 saturated carbocycles. The highest BCUT2D eigenvalue weighted by Gasteiger charge is 2.23. The molecule has 0 unspecified atom stereocenters. The molecule has 1 amide bonds. The van der Waals surface area contributed by atoms with Gasteiger partial charge in [0.15, 0.2) is 0 Å². The van der Waals surface area contributed by atoms with Crippen LogP contribution >= 0.6 is 11.3 Å². The van der Waals surface area contributed by atoms with E-state index < -0.39 is 11.7 Å². The van der Waals surface area contributed by atoms with Crippen molar-refractivity contribution in [1.29, 1.82) is 5.26 Å². The van der Waals surface area contributed by atoms with Crippen molar-refractivity contribution in [1.82, 2.24) is 0 Å². The third kappa shape index (κ3) is 3.62. The summed E-state index contributed by atoms with van der Waals surface area (Å²) in [6, 6.07) is 10.6. The van der Waals surface area contributed by atoms with Crippen molar-refractivity contribution < 1.29 is 14.7 Å². The van der Waals surface area contributed by atoms with Crippen LogP contribution in [-0.4, -0.2) is 16.8 Å². The Morgan fingerprint density at radius 1 is 1.20 bits per heavy atom. The molecule has 0 spiro atoms. The molecule has 1 aromatic heterocycles. The molecule has 2 aromatic rings. The summed E-state index contributed by atoms with van der Waals surface area (Å²) < 4.78 is 0. The highest BCUT2D eigenvalue weighted by Crippen LogP contribution is 2.37. The number of nitrogens with one attached hydrogen (secondary N) is 1. The second-order valence-electron chi connectivity index (χ2n) is 5.74. The summed E-state index contributed by atoms with van der Waals surface area (Å²) >= 11 is 1.36. The number of aryl methyl sites for hydroxylation is 1. The molecule has 1 heterocycles. The number of hydrogen-bond donors (Lipinski definition) is 2. The zero-order valence-corrected chi connectivity index (χ0v) is 14.2. The number of amides is 1. The van der Waals surface area contributed by atoms with E-state index in [9.17, 15) is 20.0 Å². The number of carbonyl (C=O) groups excluding carboxylic acids is 2. The SMILES string of the molecule is N#Cc1c(NC(=O)C(=O)/C=C(\O)c2ccccc2)sc2c1CCCC2. The fourth-order valence-corrected chi connectivity index (χ4v) is 4.05. The zero-order valence-electron chi connectivity index (χ0n) is 13.4. The van der Waals surface area contributed by atoms with E-state index in [0.29, 0.717) is 16.1 Å². The third-order valence-corrected chi connectivity index (χ3v) is 5.28.